The van der Waals surface area contributed by atoms with Crippen molar-refractivity contribution in [2.45, 2.75) is 17.7 Å². The molecule has 0 amide bonds. The van der Waals surface area contributed by atoms with Crippen LogP contribution in [0.5, 0.6) is 0 Å². The number of nitrogens with zero attached hydrogens (tertiary/aromatic N) is 2. The number of aromatic nitrogens is 2. The SMILES string of the molecule is Cc1ncc(CNS(=O)(=O)c2cnc(Cl)s2)s1. The minimum Gasteiger partial charge on any atom is -0.250 e. The lowest BCUT2D eigenvalue weighted by atomic mass is 10.6. The highest BCUT2D eigenvalue weighted by Gasteiger charge is 2.17. The van der Waals surface area contributed by atoms with Gasteiger partial charge in [-0.2, -0.15) is 0 Å². The van der Waals surface area contributed by atoms with E-state index in [0.29, 0.717) is 0 Å². The topological polar surface area (TPSA) is 72.0 Å². The van der Waals surface area contributed by atoms with E-state index in [1.165, 1.54) is 17.5 Å². The van der Waals surface area contributed by atoms with Gasteiger partial charge in [0.05, 0.1) is 11.2 Å². The average Bonchev–Trinajstić information content (AvgIpc) is 2.85. The summed E-state index contributed by atoms with van der Waals surface area (Å²) in [6, 6.07) is 0. The Morgan fingerprint density at radius 3 is 2.65 bits per heavy atom. The first-order valence-electron chi connectivity index (χ1n) is 4.50. The third kappa shape index (κ3) is 3.23. The van der Waals surface area contributed by atoms with Crippen molar-refractivity contribution in [3.05, 3.63) is 26.7 Å². The number of sulfonamides is 1. The van der Waals surface area contributed by atoms with Crippen LogP contribution >= 0.6 is 34.3 Å². The molecule has 17 heavy (non-hydrogen) atoms. The van der Waals surface area contributed by atoms with Crippen molar-refractivity contribution in [3.63, 3.8) is 0 Å². The number of nitrogens with one attached hydrogen (secondary N) is 1. The second-order valence-electron chi connectivity index (χ2n) is 3.10. The molecule has 0 bridgehead atoms. The summed E-state index contributed by atoms with van der Waals surface area (Å²) in [6.45, 7) is 2.09. The van der Waals surface area contributed by atoms with Crippen LogP contribution in [-0.4, -0.2) is 18.4 Å². The molecule has 0 fully saturated rings. The van der Waals surface area contributed by atoms with E-state index < -0.39 is 10.0 Å². The Balaban J connectivity index is 2.08. The van der Waals surface area contributed by atoms with Gasteiger partial charge in [-0.15, -0.1) is 11.3 Å². The van der Waals surface area contributed by atoms with Crippen LogP contribution in [0.1, 0.15) is 9.88 Å². The number of hydrogen-bond acceptors (Lipinski definition) is 6. The molecular formula is C8H8ClN3O2S3. The first kappa shape index (κ1) is 12.9. The summed E-state index contributed by atoms with van der Waals surface area (Å²) >= 11 is 7.97. The standard InChI is InChI=1S/C8H8ClN3O2S3/c1-5-10-2-6(15-5)3-12-17(13,14)7-4-11-8(9)16-7/h2,4,12H,3H2,1H3. The molecule has 0 aliphatic carbocycles. The van der Waals surface area contributed by atoms with Crippen molar-refractivity contribution in [1.29, 1.82) is 0 Å². The van der Waals surface area contributed by atoms with Crippen LogP contribution in [0.4, 0.5) is 0 Å². The second kappa shape index (κ2) is 4.99. The third-order valence-corrected chi connectivity index (χ3v) is 5.72. The van der Waals surface area contributed by atoms with E-state index in [-0.39, 0.29) is 15.2 Å². The normalized spacial score (nSPS) is 11.9. The van der Waals surface area contributed by atoms with Gasteiger partial charge in [0, 0.05) is 17.6 Å². The molecule has 2 heterocycles. The number of thiazole rings is 2. The molecule has 0 saturated heterocycles. The average molecular weight is 310 g/mol. The quantitative estimate of drug-likeness (QED) is 0.938. The van der Waals surface area contributed by atoms with Crippen LogP contribution in [0.15, 0.2) is 16.6 Å². The Morgan fingerprint density at radius 2 is 2.12 bits per heavy atom. The number of aryl methyl sites for hydroxylation is 1. The van der Waals surface area contributed by atoms with Gasteiger partial charge in [0.15, 0.2) is 8.68 Å². The van der Waals surface area contributed by atoms with Crippen molar-refractivity contribution in [3.8, 4) is 0 Å². The Bertz CT molecular complexity index is 620. The maximum absolute atomic E-state index is 11.8. The van der Waals surface area contributed by atoms with Crippen molar-refractivity contribution < 1.29 is 8.42 Å². The Kier molecular flexibility index (Phi) is 3.79. The molecule has 0 radical (unpaired) electrons. The van der Waals surface area contributed by atoms with Crippen LogP contribution in [0.25, 0.3) is 0 Å². The van der Waals surface area contributed by atoms with Crippen LogP contribution < -0.4 is 4.72 Å². The van der Waals surface area contributed by atoms with Crippen LogP contribution in [0.2, 0.25) is 4.47 Å². The molecule has 9 heteroatoms. The van der Waals surface area contributed by atoms with Gasteiger partial charge in [-0.3, -0.25) is 0 Å². The summed E-state index contributed by atoms with van der Waals surface area (Å²) in [4.78, 5) is 8.61. The predicted molar refractivity (Wildman–Crippen MR) is 68.0 cm³/mol. The summed E-state index contributed by atoms with van der Waals surface area (Å²) in [7, 11) is -3.53. The monoisotopic (exact) mass is 309 g/mol. The molecule has 0 unspecified atom stereocenters. The fourth-order valence-corrected chi connectivity index (χ4v) is 4.26. The highest BCUT2D eigenvalue weighted by molar-refractivity contribution is 7.91. The zero-order valence-electron chi connectivity index (χ0n) is 8.68. The highest BCUT2D eigenvalue weighted by atomic mass is 35.5. The second-order valence-corrected chi connectivity index (χ2v) is 8.03. The Hall–Kier alpha value is -0.540. The Labute approximate surface area is 112 Å². The van der Waals surface area contributed by atoms with Gasteiger partial charge in [-0.25, -0.2) is 23.1 Å². The molecule has 0 atom stereocenters. The van der Waals surface area contributed by atoms with Crippen molar-refractivity contribution in [1.82, 2.24) is 14.7 Å². The number of halogens is 1. The highest BCUT2D eigenvalue weighted by Crippen LogP contribution is 2.22. The summed E-state index contributed by atoms with van der Waals surface area (Å²) < 4.78 is 26.4. The van der Waals surface area contributed by atoms with E-state index in [1.54, 1.807) is 6.20 Å². The molecule has 0 aromatic carbocycles. The van der Waals surface area contributed by atoms with E-state index in [9.17, 15) is 8.42 Å². The summed E-state index contributed by atoms with van der Waals surface area (Å²) in [6.07, 6.45) is 2.90. The van der Waals surface area contributed by atoms with Crippen LogP contribution in [-0.2, 0) is 16.6 Å². The summed E-state index contributed by atoms with van der Waals surface area (Å²) in [5, 5.41) is 0.903. The molecule has 0 aliphatic rings. The largest absolute Gasteiger partial charge is 0.252 e. The first-order valence-corrected chi connectivity index (χ1v) is 7.99. The number of rotatable bonds is 4. The molecular weight excluding hydrogens is 302 g/mol. The van der Waals surface area contributed by atoms with Crippen molar-refractivity contribution in [2.75, 3.05) is 0 Å². The molecule has 0 aliphatic heterocycles. The molecule has 2 rings (SSSR count). The van der Waals surface area contributed by atoms with Crippen molar-refractivity contribution >= 4 is 44.3 Å². The van der Waals surface area contributed by atoms with Crippen LogP contribution in [0, 0.1) is 6.92 Å². The molecule has 0 saturated carbocycles. The van der Waals surface area contributed by atoms with E-state index in [4.69, 9.17) is 11.6 Å². The van der Waals surface area contributed by atoms with Crippen LogP contribution in [0.3, 0.4) is 0 Å². The lowest BCUT2D eigenvalue weighted by Crippen LogP contribution is -2.21. The fraction of sp³-hybridized carbons (Fsp3) is 0.250. The Morgan fingerprint density at radius 1 is 1.35 bits per heavy atom. The van der Waals surface area contributed by atoms with Gasteiger partial charge in [0.25, 0.3) is 10.0 Å². The minimum absolute atomic E-state index is 0.115. The molecule has 1 N–H and O–H groups in total. The van der Waals surface area contributed by atoms with E-state index in [0.717, 1.165) is 21.2 Å². The molecule has 92 valence electrons. The summed E-state index contributed by atoms with van der Waals surface area (Å²) in [5.74, 6) is 0. The molecule has 5 nitrogen and oxygen atoms in total. The smallest absolute Gasteiger partial charge is 0.250 e. The van der Waals surface area contributed by atoms with E-state index in [2.05, 4.69) is 14.7 Å². The molecule has 2 aromatic heterocycles. The van der Waals surface area contributed by atoms with Gasteiger partial charge in [-0.05, 0) is 6.92 Å². The lowest BCUT2D eigenvalue weighted by molar-refractivity contribution is 0.583. The fourth-order valence-electron chi connectivity index (χ4n) is 1.09. The molecule has 0 spiro atoms. The van der Waals surface area contributed by atoms with Gasteiger partial charge in [-0.1, -0.05) is 22.9 Å². The summed E-state index contributed by atoms with van der Waals surface area (Å²) in [5.41, 5.74) is 0. The maximum atomic E-state index is 11.8. The number of hydrogen-bond donors (Lipinski definition) is 1. The van der Waals surface area contributed by atoms with Gasteiger partial charge in [0.2, 0.25) is 0 Å². The van der Waals surface area contributed by atoms with Gasteiger partial charge >= 0.3 is 0 Å². The zero-order valence-corrected chi connectivity index (χ0v) is 11.9. The lowest BCUT2D eigenvalue weighted by Gasteiger charge is -2.01. The first-order chi connectivity index (χ1) is 7.97. The third-order valence-electron chi connectivity index (χ3n) is 1.83. The predicted octanol–water partition coefficient (Wildman–Crippen LogP) is 2.04. The minimum atomic E-state index is -3.53. The van der Waals surface area contributed by atoms with Gasteiger partial charge < -0.3 is 0 Å². The zero-order chi connectivity index (χ0) is 12.5. The maximum Gasteiger partial charge on any atom is 0.252 e. The van der Waals surface area contributed by atoms with E-state index >= 15 is 0 Å². The van der Waals surface area contributed by atoms with Gasteiger partial charge in [0.1, 0.15) is 0 Å². The van der Waals surface area contributed by atoms with Crippen molar-refractivity contribution in [2.24, 2.45) is 0 Å². The van der Waals surface area contributed by atoms with E-state index in [1.807, 2.05) is 6.92 Å². The molecule has 2 aromatic rings.